The minimum Gasteiger partial charge on any atom is -0.352 e. The van der Waals surface area contributed by atoms with Crippen molar-refractivity contribution in [2.75, 3.05) is 6.54 Å². The number of nitrogens with one attached hydrogen (secondary N) is 2. The molecule has 2 aliphatic carbocycles. The molecule has 0 bridgehead atoms. The van der Waals surface area contributed by atoms with Crippen LogP contribution in [0.25, 0.3) is 0 Å². The van der Waals surface area contributed by atoms with Gasteiger partial charge < -0.3 is 10.6 Å². The maximum Gasteiger partial charge on any atom is 0.325 e. The van der Waals surface area contributed by atoms with Gasteiger partial charge in [0.05, 0.1) is 0 Å². The van der Waals surface area contributed by atoms with Crippen LogP contribution >= 0.6 is 0 Å². The van der Waals surface area contributed by atoms with Crippen LogP contribution in [0, 0.1) is 11.8 Å². The lowest BCUT2D eigenvalue weighted by Crippen LogP contribution is -2.48. The van der Waals surface area contributed by atoms with Crippen LogP contribution in [0.5, 0.6) is 0 Å². The van der Waals surface area contributed by atoms with E-state index in [1.807, 2.05) is 0 Å². The van der Waals surface area contributed by atoms with Crippen LogP contribution in [0.4, 0.5) is 4.79 Å². The number of carbonyl (C=O) groups is 3. The maximum absolute atomic E-state index is 12.5. The monoisotopic (exact) mass is 307 g/mol. The van der Waals surface area contributed by atoms with Gasteiger partial charge in [-0.3, -0.25) is 14.5 Å². The number of hydrogen-bond donors (Lipinski definition) is 2. The van der Waals surface area contributed by atoms with Gasteiger partial charge in [-0.1, -0.05) is 19.8 Å². The first-order valence-corrected chi connectivity index (χ1v) is 8.33. The Labute approximate surface area is 131 Å². The molecule has 2 N–H and O–H groups in total. The van der Waals surface area contributed by atoms with Gasteiger partial charge in [-0.2, -0.15) is 0 Å². The number of amides is 4. The zero-order valence-electron chi connectivity index (χ0n) is 13.4. The zero-order valence-corrected chi connectivity index (χ0v) is 13.4. The van der Waals surface area contributed by atoms with Crippen molar-refractivity contribution in [3.8, 4) is 0 Å². The minimum atomic E-state index is -0.809. The Bertz CT molecular complexity index is 503. The van der Waals surface area contributed by atoms with Crippen molar-refractivity contribution in [2.45, 2.75) is 64.0 Å². The van der Waals surface area contributed by atoms with Crippen LogP contribution in [0.2, 0.25) is 0 Å². The van der Waals surface area contributed by atoms with E-state index in [0.717, 1.165) is 37.0 Å². The molecule has 2 saturated carbocycles. The molecule has 3 unspecified atom stereocenters. The predicted molar refractivity (Wildman–Crippen MR) is 80.9 cm³/mol. The molecule has 0 aromatic rings. The fraction of sp³-hybridized carbons (Fsp3) is 0.812. The third-order valence-electron chi connectivity index (χ3n) is 5.30. The molecule has 3 fully saturated rings. The van der Waals surface area contributed by atoms with E-state index in [4.69, 9.17) is 0 Å². The summed E-state index contributed by atoms with van der Waals surface area (Å²) in [5.74, 6) is 0.347. The van der Waals surface area contributed by atoms with Crippen LogP contribution in [0.3, 0.4) is 0 Å². The van der Waals surface area contributed by atoms with Gasteiger partial charge in [-0.25, -0.2) is 4.79 Å². The van der Waals surface area contributed by atoms with Gasteiger partial charge in [-0.15, -0.1) is 0 Å². The largest absolute Gasteiger partial charge is 0.352 e. The fourth-order valence-corrected chi connectivity index (χ4v) is 3.78. The highest BCUT2D eigenvalue weighted by atomic mass is 16.2. The van der Waals surface area contributed by atoms with Gasteiger partial charge in [0, 0.05) is 6.04 Å². The van der Waals surface area contributed by atoms with Crippen LogP contribution in [0.1, 0.15) is 52.4 Å². The summed E-state index contributed by atoms with van der Waals surface area (Å²) < 4.78 is 0. The van der Waals surface area contributed by atoms with E-state index in [1.165, 1.54) is 6.42 Å². The van der Waals surface area contributed by atoms with Crippen molar-refractivity contribution in [2.24, 2.45) is 11.8 Å². The van der Waals surface area contributed by atoms with E-state index in [-0.39, 0.29) is 30.3 Å². The molecule has 1 heterocycles. The molecule has 3 aliphatic rings. The molecule has 122 valence electrons. The van der Waals surface area contributed by atoms with Crippen LogP contribution in [-0.2, 0) is 9.59 Å². The Kier molecular flexibility index (Phi) is 3.87. The Morgan fingerprint density at radius 2 is 2.05 bits per heavy atom. The second kappa shape index (κ2) is 5.56. The molecular weight excluding hydrogens is 282 g/mol. The highest BCUT2D eigenvalue weighted by molar-refractivity contribution is 6.09. The molecule has 0 spiro atoms. The second-order valence-corrected chi connectivity index (χ2v) is 7.33. The number of carbonyl (C=O) groups excluding carboxylic acids is 3. The standard InChI is InChI=1S/C16H25N3O3/c1-10-4-3-5-12(8-10)17-13(20)9-19-14(21)16(2,11-6-7-11)18-15(19)22/h10-12H,3-9H2,1-2H3,(H,17,20)(H,18,22). The Morgan fingerprint density at radius 3 is 2.68 bits per heavy atom. The average molecular weight is 307 g/mol. The highest BCUT2D eigenvalue weighted by Crippen LogP contribution is 2.42. The van der Waals surface area contributed by atoms with E-state index in [1.54, 1.807) is 6.92 Å². The van der Waals surface area contributed by atoms with Crippen molar-refractivity contribution in [3.63, 3.8) is 0 Å². The van der Waals surface area contributed by atoms with Crippen molar-refractivity contribution in [1.82, 2.24) is 15.5 Å². The molecule has 4 amide bonds. The van der Waals surface area contributed by atoms with Crippen LogP contribution < -0.4 is 10.6 Å². The summed E-state index contributed by atoms with van der Waals surface area (Å²) >= 11 is 0. The van der Waals surface area contributed by atoms with Crippen molar-refractivity contribution < 1.29 is 14.4 Å². The van der Waals surface area contributed by atoms with Crippen molar-refractivity contribution in [3.05, 3.63) is 0 Å². The van der Waals surface area contributed by atoms with E-state index in [9.17, 15) is 14.4 Å². The number of hydrogen-bond acceptors (Lipinski definition) is 3. The van der Waals surface area contributed by atoms with Crippen molar-refractivity contribution >= 4 is 17.8 Å². The number of rotatable bonds is 4. The molecule has 0 radical (unpaired) electrons. The van der Waals surface area contributed by atoms with Gasteiger partial charge in [0.1, 0.15) is 12.1 Å². The molecule has 3 rings (SSSR count). The fourth-order valence-electron chi connectivity index (χ4n) is 3.78. The minimum absolute atomic E-state index is 0.169. The van der Waals surface area contributed by atoms with Crippen LogP contribution in [-0.4, -0.2) is 40.9 Å². The maximum atomic E-state index is 12.5. The summed E-state index contributed by atoms with van der Waals surface area (Å²) in [6.07, 6.45) is 6.21. The Hall–Kier alpha value is -1.59. The van der Waals surface area contributed by atoms with E-state index >= 15 is 0 Å². The zero-order chi connectivity index (χ0) is 15.9. The lowest BCUT2D eigenvalue weighted by atomic mass is 9.87. The number of imide groups is 1. The molecule has 1 saturated heterocycles. The second-order valence-electron chi connectivity index (χ2n) is 7.33. The normalized spacial score (nSPS) is 35.5. The number of nitrogens with zero attached hydrogens (tertiary/aromatic N) is 1. The van der Waals surface area contributed by atoms with Crippen molar-refractivity contribution in [1.29, 1.82) is 0 Å². The summed E-state index contributed by atoms with van der Waals surface area (Å²) in [7, 11) is 0. The molecule has 0 aromatic carbocycles. The molecule has 6 heteroatoms. The van der Waals surface area contributed by atoms with Gasteiger partial charge in [0.25, 0.3) is 5.91 Å². The first-order valence-electron chi connectivity index (χ1n) is 8.33. The third kappa shape index (κ3) is 2.83. The van der Waals surface area contributed by atoms with E-state index in [0.29, 0.717) is 5.92 Å². The molecule has 3 atom stereocenters. The highest BCUT2D eigenvalue weighted by Gasteiger charge is 2.56. The SMILES string of the molecule is CC1CCCC(NC(=O)CN2C(=O)NC(C)(C3CC3)C2=O)C1. The van der Waals surface area contributed by atoms with E-state index in [2.05, 4.69) is 17.6 Å². The lowest BCUT2D eigenvalue weighted by molar-refractivity contribution is -0.135. The lowest BCUT2D eigenvalue weighted by Gasteiger charge is -2.28. The average Bonchev–Trinajstić information content (AvgIpc) is 3.25. The quantitative estimate of drug-likeness (QED) is 0.771. The third-order valence-corrected chi connectivity index (χ3v) is 5.30. The molecule has 0 aromatic heterocycles. The van der Waals surface area contributed by atoms with Crippen LogP contribution in [0.15, 0.2) is 0 Å². The molecular formula is C16H25N3O3. The topological polar surface area (TPSA) is 78.5 Å². The summed E-state index contributed by atoms with van der Waals surface area (Å²) in [5, 5.41) is 5.74. The predicted octanol–water partition coefficient (Wildman–Crippen LogP) is 1.40. The smallest absolute Gasteiger partial charge is 0.325 e. The molecule has 6 nitrogen and oxygen atoms in total. The Morgan fingerprint density at radius 1 is 1.32 bits per heavy atom. The summed E-state index contributed by atoms with van der Waals surface area (Å²) in [4.78, 5) is 37.7. The summed E-state index contributed by atoms with van der Waals surface area (Å²) in [5.41, 5.74) is -0.809. The first kappa shape index (κ1) is 15.3. The summed E-state index contributed by atoms with van der Waals surface area (Å²) in [6, 6.07) is -0.265. The molecule has 1 aliphatic heterocycles. The first-order chi connectivity index (χ1) is 10.4. The summed E-state index contributed by atoms with van der Waals surface area (Å²) in [6.45, 7) is 3.79. The molecule has 22 heavy (non-hydrogen) atoms. The van der Waals surface area contributed by atoms with Gasteiger partial charge in [-0.05, 0) is 44.4 Å². The number of urea groups is 1. The van der Waals surface area contributed by atoms with E-state index < -0.39 is 11.6 Å². The van der Waals surface area contributed by atoms with Gasteiger partial charge >= 0.3 is 6.03 Å². The van der Waals surface area contributed by atoms with Gasteiger partial charge in [0.15, 0.2) is 0 Å². The van der Waals surface area contributed by atoms with Gasteiger partial charge in [0.2, 0.25) is 5.91 Å². The Balaban J connectivity index is 1.57.